The second kappa shape index (κ2) is 6.09. The van der Waals surface area contributed by atoms with Crippen molar-refractivity contribution in [1.29, 1.82) is 0 Å². The summed E-state index contributed by atoms with van der Waals surface area (Å²) >= 11 is 1.44. The van der Waals surface area contributed by atoms with Gasteiger partial charge in [-0.15, -0.1) is 0 Å². The van der Waals surface area contributed by atoms with Crippen molar-refractivity contribution in [3.8, 4) is 0 Å². The van der Waals surface area contributed by atoms with E-state index in [1.165, 1.54) is 18.1 Å². The van der Waals surface area contributed by atoms with Crippen LogP contribution in [-0.4, -0.2) is 38.2 Å². The molecule has 0 spiro atoms. The lowest BCUT2D eigenvalue weighted by atomic mass is 10.0. The molecule has 2 atom stereocenters. The summed E-state index contributed by atoms with van der Waals surface area (Å²) in [6.07, 6.45) is 2.34. The third kappa shape index (κ3) is 4.19. The molecule has 0 amide bonds. The van der Waals surface area contributed by atoms with Crippen LogP contribution < -0.4 is 5.73 Å². The fourth-order valence-corrected chi connectivity index (χ4v) is 2.21. The molecule has 0 saturated heterocycles. The molecule has 1 aromatic heterocycles. The highest BCUT2D eigenvalue weighted by Crippen LogP contribution is 2.23. The van der Waals surface area contributed by atoms with Gasteiger partial charge >= 0.3 is 0 Å². The fraction of sp³-hybridized carbons (Fsp3) is 0.778. The van der Waals surface area contributed by atoms with Crippen LogP contribution in [0.4, 0.5) is 0 Å². The Morgan fingerprint density at radius 1 is 1.60 bits per heavy atom. The maximum atomic E-state index is 9.25. The van der Waals surface area contributed by atoms with E-state index < -0.39 is 0 Å². The van der Waals surface area contributed by atoms with Gasteiger partial charge < -0.3 is 10.8 Å². The quantitative estimate of drug-likeness (QED) is 0.624. The van der Waals surface area contributed by atoms with Crippen molar-refractivity contribution in [2.45, 2.75) is 36.7 Å². The van der Waals surface area contributed by atoms with Crippen LogP contribution in [0.1, 0.15) is 20.3 Å². The number of thioether (sulfide) groups is 1. The number of nitrogens with one attached hydrogen (secondary N) is 1. The molecule has 0 saturated carbocycles. The molecule has 1 heterocycles. The van der Waals surface area contributed by atoms with Crippen LogP contribution in [0.15, 0.2) is 11.5 Å². The molecular weight excluding hydrogens is 212 g/mol. The van der Waals surface area contributed by atoms with Gasteiger partial charge in [-0.2, -0.15) is 5.10 Å². The maximum Gasteiger partial charge on any atom is 0.183 e. The molecule has 5 nitrogen and oxygen atoms in total. The Kier molecular flexibility index (Phi) is 5.07. The molecule has 4 N–H and O–H groups in total. The third-order valence-electron chi connectivity index (χ3n) is 2.06. The lowest BCUT2D eigenvalue weighted by molar-refractivity contribution is 0.275. The van der Waals surface area contributed by atoms with Crippen molar-refractivity contribution < 1.29 is 5.11 Å². The van der Waals surface area contributed by atoms with E-state index in [1.807, 2.05) is 0 Å². The summed E-state index contributed by atoms with van der Waals surface area (Å²) in [6.45, 7) is 4.29. The van der Waals surface area contributed by atoms with Gasteiger partial charge in [0.1, 0.15) is 6.33 Å². The fourth-order valence-electron chi connectivity index (χ4n) is 1.35. The molecule has 2 unspecified atom stereocenters. The maximum absolute atomic E-state index is 9.25. The minimum absolute atomic E-state index is 0.0231. The molecule has 6 heteroatoms. The summed E-state index contributed by atoms with van der Waals surface area (Å²) in [5, 5.41) is 16.4. The van der Waals surface area contributed by atoms with Gasteiger partial charge in [-0.3, -0.25) is 5.10 Å². The number of aliphatic hydroxyl groups excluding tert-OH is 1. The molecule has 0 fully saturated rings. The van der Waals surface area contributed by atoms with E-state index in [1.54, 1.807) is 0 Å². The van der Waals surface area contributed by atoms with E-state index in [2.05, 4.69) is 29.0 Å². The Morgan fingerprint density at radius 3 is 2.80 bits per heavy atom. The van der Waals surface area contributed by atoms with Crippen LogP contribution in [0.5, 0.6) is 0 Å². The first-order valence-corrected chi connectivity index (χ1v) is 5.90. The molecule has 15 heavy (non-hydrogen) atoms. The number of aromatic nitrogens is 3. The van der Waals surface area contributed by atoms with Crippen molar-refractivity contribution >= 4 is 11.8 Å². The lowest BCUT2D eigenvalue weighted by Crippen LogP contribution is -2.36. The van der Waals surface area contributed by atoms with E-state index in [0.29, 0.717) is 11.1 Å². The molecule has 1 rings (SSSR count). The minimum atomic E-state index is -0.0275. The summed E-state index contributed by atoms with van der Waals surface area (Å²) in [5.74, 6) is 0.532. The Hall–Kier alpha value is -0.590. The summed E-state index contributed by atoms with van der Waals surface area (Å²) in [6, 6.07) is -0.0231. The van der Waals surface area contributed by atoms with Gasteiger partial charge in [0.25, 0.3) is 0 Å². The van der Waals surface area contributed by atoms with Gasteiger partial charge in [0.05, 0.1) is 11.9 Å². The van der Waals surface area contributed by atoms with Crippen molar-refractivity contribution in [2.75, 3.05) is 6.61 Å². The zero-order chi connectivity index (χ0) is 11.3. The minimum Gasteiger partial charge on any atom is -0.395 e. The number of rotatable bonds is 6. The average Bonchev–Trinajstić information content (AvgIpc) is 2.65. The topological polar surface area (TPSA) is 87.8 Å². The predicted octanol–water partition coefficient (Wildman–Crippen LogP) is 0.631. The molecule has 0 aromatic carbocycles. The normalized spacial score (nSPS) is 15.5. The second-order valence-corrected chi connectivity index (χ2v) is 5.15. The van der Waals surface area contributed by atoms with Crippen LogP contribution in [0.2, 0.25) is 0 Å². The van der Waals surface area contributed by atoms with Gasteiger partial charge in [-0.05, 0) is 12.3 Å². The number of aliphatic hydroxyl groups is 1. The van der Waals surface area contributed by atoms with E-state index >= 15 is 0 Å². The van der Waals surface area contributed by atoms with Crippen LogP contribution in [-0.2, 0) is 0 Å². The number of nitrogens with two attached hydrogens (primary N) is 1. The second-order valence-electron chi connectivity index (χ2n) is 3.92. The van der Waals surface area contributed by atoms with Gasteiger partial charge in [-0.25, -0.2) is 4.98 Å². The Labute approximate surface area is 93.9 Å². The molecule has 0 radical (unpaired) electrons. The van der Waals surface area contributed by atoms with Crippen molar-refractivity contribution in [3.63, 3.8) is 0 Å². The van der Waals surface area contributed by atoms with Crippen LogP contribution in [0, 0.1) is 5.92 Å². The van der Waals surface area contributed by atoms with Gasteiger partial charge in [-0.1, -0.05) is 25.6 Å². The molecule has 86 valence electrons. The highest BCUT2D eigenvalue weighted by molar-refractivity contribution is 7.99. The van der Waals surface area contributed by atoms with Gasteiger partial charge in [0, 0.05) is 6.04 Å². The number of nitrogens with zero attached hydrogens (tertiary/aromatic N) is 2. The zero-order valence-corrected chi connectivity index (χ0v) is 9.87. The summed E-state index contributed by atoms with van der Waals surface area (Å²) in [4.78, 5) is 4.00. The first-order valence-electron chi connectivity index (χ1n) is 5.02. The first-order chi connectivity index (χ1) is 7.13. The predicted molar refractivity (Wildman–Crippen MR) is 60.5 cm³/mol. The Morgan fingerprint density at radius 2 is 2.33 bits per heavy atom. The lowest BCUT2D eigenvalue weighted by Gasteiger charge is -2.21. The highest BCUT2D eigenvalue weighted by atomic mass is 32.2. The van der Waals surface area contributed by atoms with E-state index in [0.717, 1.165) is 6.42 Å². The highest BCUT2D eigenvalue weighted by Gasteiger charge is 2.20. The number of hydrogen-bond acceptors (Lipinski definition) is 5. The Balaban J connectivity index is 2.48. The van der Waals surface area contributed by atoms with Gasteiger partial charge in [0.15, 0.2) is 5.16 Å². The molecule has 0 aliphatic carbocycles. The van der Waals surface area contributed by atoms with Crippen LogP contribution in [0.25, 0.3) is 0 Å². The number of aromatic amines is 1. The molecular formula is C9H18N4OS. The summed E-state index contributed by atoms with van der Waals surface area (Å²) in [7, 11) is 0. The third-order valence-corrected chi connectivity index (χ3v) is 3.28. The van der Waals surface area contributed by atoms with Gasteiger partial charge in [0.2, 0.25) is 0 Å². The number of H-pyrrole nitrogens is 1. The van der Waals surface area contributed by atoms with Crippen LogP contribution >= 0.6 is 11.8 Å². The molecule has 0 aliphatic heterocycles. The zero-order valence-electron chi connectivity index (χ0n) is 9.05. The average molecular weight is 230 g/mol. The van der Waals surface area contributed by atoms with Crippen molar-refractivity contribution in [3.05, 3.63) is 6.33 Å². The molecule has 0 bridgehead atoms. The largest absolute Gasteiger partial charge is 0.395 e. The monoisotopic (exact) mass is 230 g/mol. The Bertz CT molecular complexity index is 265. The van der Waals surface area contributed by atoms with Crippen LogP contribution in [0.3, 0.4) is 0 Å². The summed E-state index contributed by atoms with van der Waals surface area (Å²) < 4.78 is 0. The van der Waals surface area contributed by atoms with Crippen molar-refractivity contribution in [2.24, 2.45) is 11.7 Å². The number of hydrogen-bond donors (Lipinski definition) is 3. The van der Waals surface area contributed by atoms with Crippen molar-refractivity contribution in [1.82, 2.24) is 15.2 Å². The SMILES string of the molecule is CC(C)CC(N)C(CO)Sc1ncn[nH]1. The smallest absolute Gasteiger partial charge is 0.183 e. The molecule has 1 aromatic rings. The van der Waals surface area contributed by atoms with E-state index in [-0.39, 0.29) is 17.9 Å². The standard InChI is InChI=1S/C9H18N4OS/c1-6(2)3-7(10)8(4-14)15-9-11-5-12-13-9/h5-8,14H,3-4,10H2,1-2H3,(H,11,12,13). The summed E-state index contributed by atoms with van der Waals surface area (Å²) in [5.41, 5.74) is 6.00. The molecule has 0 aliphatic rings. The van der Waals surface area contributed by atoms with E-state index in [4.69, 9.17) is 5.73 Å². The first kappa shape index (κ1) is 12.5. The van der Waals surface area contributed by atoms with E-state index in [9.17, 15) is 5.11 Å².